The quantitative estimate of drug-likeness (QED) is 0.595. The highest BCUT2D eigenvalue weighted by Crippen LogP contribution is 2.45. The molecule has 3 unspecified atom stereocenters. The minimum atomic E-state index is -0.433. The molecule has 1 aliphatic carbocycles. The minimum absolute atomic E-state index is 0.0217. The Kier molecular flexibility index (Phi) is 4.29. The van der Waals surface area contributed by atoms with Crippen molar-refractivity contribution >= 4 is 28.9 Å². The molecule has 1 saturated carbocycles. The molecule has 0 bridgehead atoms. The number of halogens is 1. The molecule has 2 fully saturated rings. The van der Waals surface area contributed by atoms with Crippen molar-refractivity contribution in [3.05, 3.63) is 80.9 Å². The molecule has 0 radical (unpaired) electrons. The lowest BCUT2D eigenvalue weighted by atomic mass is 9.87. The van der Waals surface area contributed by atoms with E-state index < -0.39 is 4.92 Å². The molecule has 7 nitrogen and oxygen atoms in total. The van der Waals surface area contributed by atoms with Crippen molar-refractivity contribution in [1.29, 1.82) is 0 Å². The molecule has 0 spiro atoms. The summed E-state index contributed by atoms with van der Waals surface area (Å²) >= 11 is 6.08. The van der Waals surface area contributed by atoms with Crippen molar-refractivity contribution in [2.24, 2.45) is 5.92 Å². The number of carbonyl (C=O) groups is 1. The van der Waals surface area contributed by atoms with Crippen LogP contribution in [-0.4, -0.2) is 28.0 Å². The fourth-order valence-corrected chi connectivity index (χ4v) is 4.41. The molecule has 2 N–H and O–H groups in total. The Morgan fingerprint density at radius 1 is 1.07 bits per heavy atom. The molecule has 2 aromatic carbocycles. The molecule has 1 saturated heterocycles. The van der Waals surface area contributed by atoms with Crippen molar-refractivity contribution in [2.75, 3.05) is 0 Å². The third kappa shape index (κ3) is 3.26. The number of nitro groups is 1. The summed E-state index contributed by atoms with van der Waals surface area (Å²) in [5.41, 5.74) is 5.98. The zero-order valence-electron chi connectivity index (χ0n) is 15.4. The molecule has 2 aliphatic heterocycles. The molecular weight excluding hydrogens is 392 g/mol. The van der Waals surface area contributed by atoms with Gasteiger partial charge in [0.2, 0.25) is 0 Å². The van der Waals surface area contributed by atoms with E-state index in [0.717, 1.165) is 24.0 Å². The second kappa shape index (κ2) is 6.86. The van der Waals surface area contributed by atoms with Gasteiger partial charge in [0.25, 0.3) is 11.6 Å². The van der Waals surface area contributed by atoms with Crippen LogP contribution in [-0.2, 0) is 4.79 Å². The first kappa shape index (κ1) is 18.1. The first-order chi connectivity index (χ1) is 14.0. The monoisotopic (exact) mass is 410 g/mol. The fraction of sp³-hybridized carbons (Fsp3) is 0.286. The first-order valence-corrected chi connectivity index (χ1v) is 9.97. The highest BCUT2D eigenvalue weighted by atomic mass is 35.5. The van der Waals surface area contributed by atoms with Gasteiger partial charge in [-0.3, -0.25) is 19.9 Å². The molecule has 1 amide bonds. The SMILES string of the molecule is O=C1C=C(c2ccc([N+](=O)[O-])cc2)NC2C(c3ccc(Cl)cc3)C(C3CC3)NN12. The number of nitrogens with one attached hydrogen (secondary N) is 2. The van der Waals surface area contributed by atoms with Crippen LogP contribution in [0.15, 0.2) is 54.6 Å². The second-order valence-electron chi connectivity index (χ2n) is 7.73. The number of amides is 1. The lowest BCUT2D eigenvalue weighted by Gasteiger charge is -2.33. The highest BCUT2D eigenvalue weighted by molar-refractivity contribution is 6.30. The molecule has 29 heavy (non-hydrogen) atoms. The Balaban J connectivity index is 1.48. The predicted molar refractivity (Wildman–Crippen MR) is 109 cm³/mol. The van der Waals surface area contributed by atoms with Crippen molar-refractivity contribution in [2.45, 2.75) is 31.0 Å². The molecule has 148 valence electrons. The van der Waals surface area contributed by atoms with Gasteiger partial charge in [-0.25, -0.2) is 5.43 Å². The number of benzene rings is 2. The summed E-state index contributed by atoms with van der Waals surface area (Å²) in [5, 5.41) is 16.8. The Bertz CT molecular complexity index is 1000. The number of hydrazine groups is 1. The van der Waals surface area contributed by atoms with Gasteiger partial charge < -0.3 is 5.32 Å². The molecule has 8 heteroatoms. The summed E-state index contributed by atoms with van der Waals surface area (Å²) in [4.78, 5) is 23.4. The van der Waals surface area contributed by atoms with Gasteiger partial charge in [0.05, 0.1) is 4.92 Å². The number of carbonyl (C=O) groups excluding carboxylic acids is 1. The van der Waals surface area contributed by atoms with Gasteiger partial charge in [0.1, 0.15) is 6.17 Å². The van der Waals surface area contributed by atoms with Crippen LogP contribution >= 0.6 is 11.6 Å². The zero-order chi connectivity index (χ0) is 20.1. The molecule has 0 aromatic heterocycles. The van der Waals surface area contributed by atoms with Crippen molar-refractivity contribution in [3.63, 3.8) is 0 Å². The van der Waals surface area contributed by atoms with E-state index in [-0.39, 0.29) is 29.7 Å². The average Bonchev–Trinajstić information content (AvgIpc) is 3.49. The maximum atomic E-state index is 12.9. The minimum Gasteiger partial charge on any atom is -0.363 e. The Labute approximate surface area is 172 Å². The zero-order valence-corrected chi connectivity index (χ0v) is 16.2. The van der Waals surface area contributed by atoms with Gasteiger partial charge in [0.15, 0.2) is 0 Å². The van der Waals surface area contributed by atoms with Crippen LogP contribution in [0.4, 0.5) is 5.69 Å². The van der Waals surface area contributed by atoms with Crippen molar-refractivity contribution in [3.8, 4) is 0 Å². The fourth-order valence-electron chi connectivity index (χ4n) is 4.29. The van der Waals surface area contributed by atoms with E-state index in [1.54, 1.807) is 23.2 Å². The molecule has 3 aliphatic rings. The standard InChI is InChI=1S/C21H19ClN4O3/c22-15-7-3-13(4-8-15)19-20(14-1-2-14)24-25-18(27)11-17(23-21(19)25)12-5-9-16(10-6-12)26(28)29/h3-11,14,19-21,23-24H,1-2H2. The normalized spacial score (nSPS) is 26.0. The number of rotatable bonds is 4. The van der Waals surface area contributed by atoms with Crippen LogP contribution in [0, 0.1) is 16.0 Å². The number of fused-ring (bicyclic) bond motifs is 1. The number of nitrogens with zero attached hydrogens (tertiary/aromatic N) is 2. The van der Waals surface area contributed by atoms with Gasteiger partial charge in [-0.15, -0.1) is 0 Å². The van der Waals surface area contributed by atoms with Crippen molar-refractivity contribution < 1.29 is 9.72 Å². The highest BCUT2D eigenvalue weighted by Gasteiger charge is 2.51. The smallest absolute Gasteiger partial charge is 0.269 e. The predicted octanol–water partition coefficient (Wildman–Crippen LogP) is 3.43. The number of nitro benzene ring substituents is 1. The second-order valence-corrected chi connectivity index (χ2v) is 8.17. The van der Waals surface area contributed by atoms with Gasteiger partial charge in [0, 0.05) is 40.9 Å². The third-order valence-electron chi connectivity index (χ3n) is 5.88. The maximum absolute atomic E-state index is 12.9. The Hall–Kier alpha value is -2.90. The summed E-state index contributed by atoms with van der Waals surface area (Å²) in [7, 11) is 0. The van der Waals surface area contributed by atoms with Crippen LogP contribution in [0.3, 0.4) is 0 Å². The topological polar surface area (TPSA) is 87.5 Å². The number of hydrogen-bond acceptors (Lipinski definition) is 5. The van der Waals surface area contributed by atoms with Crippen LogP contribution in [0.1, 0.15) is 29.9 Å². The van der Waals surface area contributed by atoms with Crippen LogP contribution in [0.5, 0.6) is 0 Å². The van der Waals surface area contributed by atoms with E-state index in [4.69, 9.17) is 11.6 Å². The van der Waals surface area contributed by atoms with Crippen molar-refractivity contribution in [1.82, 2.24) is 15.8 Å². The lowest BCUT2D eigenvalue weighted by Crippen LogP contribution is -2.52. The summed E-state index contributed by atoms with van der Waals surface area (Å²) in [6.07, 6.45) is 3.60. The summed E-state index contributed by atoms with van der Waals surface area (Å²) in [6.45, 7) is 0. The first-order valence-electron chi connectivity index (χ1n) is 9.59. The summed E-state index contributed by atoms with van der Waals surface area (Å²) in [6, 6.07) is 14.2. The van der Waals surface area contributed by atoms with E-state index in [1.807, 2.05) is 24.3 Å². The maximum Gasteiger partial charge on any atom is 0.269 e. The number of hydrogen-bond donors (Lipinski definition) is 2. The lowest BCUT2D eigenvalue weighted by molar-refractivity contribution is -0.384. The van der Waals surface area contributed by atoms with Gasteiger partial charge >= 0.3 is 0 Å². The van der Waals surface area contributed by atoms with E-state index in [2.05, 4.69) is 10.7 Å². The summed E-state index contributed by atoms with van der Waals surface area (Å²) in [5.74, 6) is 0.494. The van der Waals surface area contributed by atoms with E-state index in [1.165, 1.54) is 12.1 Å². The van der Waals surface area contributed by atoms with E-state index in [9.17, 15) is 14.9 Å². The third-order valence-corrected chi connectivity index (χ3v) is 6.13. The Morgan fingerprint density at radius 2 is 1.76 bits per heavy atom. The summed E-state index contributed by atoms with van der Waals surface area (Å²) < 4.78 is 0. The number of non-ortho nitro benzene ring substituents is 1. The molecule has 3 atom stereocenters. The molecular formula is C21H19ClN4O3. The van der Waals surface area contributed by atoms with E-state index in [0.29, 0.717) is 16.6 Å². The van der Waals surface area contributed by atoms with Gasteiger partial charge in [-0.2, -0.15) is 0 Å². The van der Waals surface area contributed by atoms with E-state index >= 15 is 0 Å². The average molecular weight is 411 g/mol. The molecule has 2 aromatic rings. The molecule has 5 rings (SSSR count). The van der Waals surface area contributed by atoms with Gasteiger partial charge in [-0.1, -0.05) is 23.7 Å². The Morgan fingerprint density at radius 3 is 2.38 bits per heavy atom. The molecule has 2 heterocycles. The van der Waals surface area contributed by atoms with Gasteiger partial charge in [-0.05, 0) is 54.2 Å². The van der Waals surface area contributed by atoms with Crippen LogP contribution < -0.4 is 10.7 Å². The van der Waals surface area contributed by atoms with Crippen LogP contribution in [0.25, 0.3) is 5.70 Å². The largest absolute Gasteiger partial charge is 0.363 e. The van der Waals surface area contributed by atoms with Crippen LogP contribution in [0.2, 0.25) is 5.02 Å².